The molecule has 2 rings (SSSR count). The molecular weight excluding hydrogens is 306 g/mol. The van der Waals surface area contributed by atoms with E-state index in [0.717, 1.165) is 5.56 Å². The summed E-state index contributed by atoms with van der Waals surface area (Å²) in [5.74, 6) is -0.613. The molecule has 5 nitrogen and oxygen atoms in total. The zero-order valence-corrected chi connectivity index (χ0v) is 13.6. The van der Waals surface area contributed by atoms with E-state index in [0.29, 0.717) is 5.76 Å². The van der Waals surface area contributed by atoms with Crippen molar-refractivity contribution in [2.75, 3.05) is 0 Å². The van der Waals surface area contributed by atoms with Crippen molar-refractivity contribution in [3.05, 3.63) is 71.8 Å². The summed E-state index contributed by atoms with van der Waals surface area (Å²) < 4.78 is 10.3. The van der Waals surface area contributed by atoms with E-state index in [-0.39, 0.29) is 11.8 Å². The number of benzene rings is 1. The standard InChI is InChI=1S/C19H19NO4/c1-14(2)24-19(22)17(13-16-9-6-12-23-16)20-18(21)11-10-15-7-4-3-5-8-15/h3-14H,1-2H3,(H,20,21)/b11-10+,17-13-. The predicted octanol–water partition coefficient (Wildman–Crippen LogP) is 3.40. The fraction of sp³-hybridized carbons (Fsp3) is 0.158. The Morgan fingerprint density at radius 3 is 2.50 bits per heavy atom. The van der Waals surface area contributed by atoms with Gasteiger partial charge in [0.05, 0.1) is 12.4 Å². The number of carbonyl (C=O) groups is 2. The van der Waals surface area contributed by atoms with Gasteiger partial charge in [0.15, 0.2) is 0 Å². The number of nitrogens with one attached hydrogen (secondary N) is 1. The van der Waals surface area contributed by atoms with Crippen LogP contribution in [0.4, 0.5) is 0 Å². The molecule has 0 atom stereocenters. The monoisotopic (exact) mass is 325 g/mol. The average molecular weight is 325 g/mol. The molecule has 1 aromatic heterocycles. The molecular formula is C19H19NO4. The minimum Gasteiger partial charge on any atom is -0.465 e. The summed E-state index contributed by atoms with van der Waals surface area (Å²) in [6.45, 7) is 3.47. The van der Waals surface area contributed by atoms with Crippen molar-refractivity contribution < 1.29 is 18.7 Å². The molecule has 24 heavy (non-hydrogen) atoms. The highest BCUT2D eigenvalue weighted by atomic mass is 16.5. The summed E-state index contributed by atoms with van der Waals surface area (Å²) in [5, 5.41) is 2.53. The zero-order chi connectivity index (χ0) is 17.4. The lowest BCUT2D eigenvalue weighted by molar-refractivity contribution is -0.143. The van der Waals surface area contributed by atoms with Gasteiger partial charge < -0.3 is 14.5 Å². The Hall–Kier alpha value is -3.08. The number of rotatable bonds is 6. The van der Waals surface area contributed by atoms with E-state index in [1.165, 1.54) is 18.4 Å². The smallest absolute Gasteiger partial charge is 0.355 e. The van der Waals surface area contributed by atoms with E-state index < -0.39 is 11.9 Å². The molecule has 5 heteroatoms. The third-order valence-corrected chi connectivity index (χ3v) is 2.88. The van der Waals surface area contributed by atoms with E-state index in [2.05, 4.69) is 5.32 Å². The molecule has 0 aliphatic heterocycles. The van der Waals surface area contributed by atoms with Crippen molar-refractivity contribution in [3.63, 3.8) is 0 Å². The summed E-state index contributed by atoms with van der Waals surface area (Å²) in [7, 11) is 0. The second-order valence-corrected chi connectivity index (χ2v) is 5.26. The third-order valence-electron chi connectivity index (χ3n) is 2.88. The number of esters is 1. The lowest BCUT2D eigenvalue weighted by Crippen LogP contribution is -2.28. The summed E-state index contributed by atoms with van der Waals surface area (Å²) in [4.78, 5) is 24.2. The van der Waals surface area contributed by atoms with Crippen molar-refractivity contribution in [3.8, 4) is 0 Å². The first kappa shape index (κ1) is 17.3. The number of hydrogen-bond donors (Lipinski definition) is 1. The molecule has 0 saturated carbocycles. The topological polar surface area (TPSA) is 68.5 Å². The summed E-state index contributed by atoms with van der Waals surface area (Å²) in [6.07, 6.45) is 5.63. The molecule has 124 valence electrons. The van der Waals surface area contributed by atoms with Crippen molar-refractivity contribution in [2.45, 2.75) is 20.0 Å². The van der Waals surface area contributed by atoms with E-state index in [1.807, 2.05) is 30.3 Å². The average Bonchev–Trinajstić information content (AvgIpc) is 3.06. The molecule has 1 heterocycles. The maximum atomic E-state index is 12.1. The van der Waals surface area contributed by atoms with Gasteiger partial charge in [-0.25, -0.2) is 4.79 Å². The highest BCUT2D eigenvalue weighted by Crippen LogP contribution is 2.09. The molecule has 0 bridgehead atoms. The van der Waals surface area contributed by atoms with Crippen molar-refractivity contribution in [2.24, 2.45) is 0 Å². The minimum absolute atomic E-state index is 0.0151. The molecule has 1 amide bonds. The van der Waals surface area contributed by atoms with Crippen LogP contribution >= 0.6 is 0 Å². The van der Waals surface area contributed by atoms with Gasteiger partial charge in [0.25, 0.3) is 0 Å². The molecule has 0 aliphatic rings. The fourth-order valence-electron chi connectivity index (χ4n) is 1.85. The van der Waals surface area contributed by atoms with Crippen LogP contribution in [0.25, 0.3) is 12.2 Å². The quantitative estimate of drug-likeness (QED) is 0.653. The molecule has 0 saturated heterocycles. The molecule has 0 spiro atoms. The van der Waals surface area contributed by atoms with Gasteiger partial charge in [-0.05, 0) is 37.6 Å². The van der Waals surface area contributed by atoms with Crippen LogP contribution in [0.15, 0.2) is 64.9 Å². The summed E-state index contributed by atoms with van der Waals surface area (Å²) in [5.41, 5.74) is 0.898. The Labute approximate surface area is 140 Å². The fourth-order valence-corrected chi connectivity index (χ4v) is 1.85. The van der Waals surface area contributed by atoms with Gasteiger partial charge in [0.1, 0.15) is 11.5 Å². The van der Waals surface area contributed by atoms with E-state index >= 15 is 0 Å². The van der Waals surface area contributed by atoms with Crippen LogP contribution < -0.4 is 5.32 Å². The van der Waals surface area contributed by atoms with Crippen molar-refractivity contribution in [1.82, 2.24) is 5.32 Å². The van der Waals surface area contributed by atoms with Crippen molar-refractivity contribution >= 4 is 24.0 Å². The maximum Gasteiger partial charge on any atom is 0.355 e. The van der Waals surface area contributed by atoms with Crippen LogP contribution in [0.3, 0.4) is 0 Å². The van der Waals surface area contributed by atoms with E-state index in [4.69, 9.17) is 9.15 Å². The van der Waals surface area contributed by atoms with Crippen molar-refractivity contribution in [1.29, 1.82) is 0 Å². The van der Waals surface area contributed by atoms with Crippen LogP contribution in [0.2, 0.25) is 0 Å². The van der Waals surface area contributed by atoms with Crippen LogP contribution in [-0.4, -0.2) is 18.0 Å². The Morgan fingerprint density at radius 2 is 1.88 bits per heavy atom. The van der Waals surface area contributed by atoms with E-state index in [1.54, 1.807) is 32.1 Å². The molecule has 0 unspecified atom stereocenters. The molecule has 0 aliphatic carbocycles. The summed E-state index contributed by atoms with van der Waals surface area (Å²) in [6, 6.07) is 12.7. The number of furan rings is 1. The number of carbonyl (C=O) groups excluding carboxylic acids is 2. The lowest BCUT2D eigenvalue weighted by atomic mass is 10.2. The number of hydrogen-bond acceptors (Lipinski definition) is 4. The van der Waals surface area contributed by atoms with Gasteiger partial charge in [-0.3, -0.25) is 4.79 Å². The van der Waals surface area contributed by atoms with Crippen LogP contribution in [0.1, 0.15) is 25.2 Å². The first-order valence-electron chi connectivity index (χ1n) is 7.55. The molecule has 1 aromatic carbocycles. The maximum absolute atomic E-state index is 12.1. The van der Waals surface area contributed by atoms with Gasteiger partial charge in [0, 0.05) is 12.2 Å². The SMILES string of the molecule is CC(C)OC(=O)/C(=C/c1ccco1)NC(=O)/C=C/c1ccccc1. The second kappa shape index (κ2) is 8.53. The lowest BCUT2D eigenvalue weighted by Gasteiger charge is -2.11. The van der Waals surface area contributed by atoms with Gasteiger partial charge in [-0.2, -0.15) is 0 Å². The molecule has 0 fully saturated rings. The van der Waals surface area contributed by atoms with Gasteiger partial charge in [-0.1, -0.05) is 30.3 Å². The second-order valence-electron chi connectivity index (χ2n) is 5.26. The molecule has 0 radical (unpaired) electrons. The Kier molecular flexibility index (Phi) is 6.14. The number of ether oxygens (including phenoxy) is 1. The molecule has 2 aromatic rings. The normalized spacial score (nSPS) is 11.7. The highest BCUT2D eigenvalue weighted by Gasteiger charge is 2.15. The largest absolute Gasteiger partial charge is 0.465 e. The number of amides is 1. The van der Waals surface area contributed by atoms with Crippen LogP contribution in [0, 0.1) is 0 Å². The summed E-state index contributed by atoms with van der Waals surface area (Å²) >= 11 is 0. The first-order chi connectivity index (χ1) is 11.5. The Morgan fingerprint density at radius 1 is 1.12 bits per heavy atom. The van der Waals surface area contributed by atoms with Gasteiger partial charge >= 0.3 is 5.97 Å². The van der Waals surface area contributed by atoms with E-state index in [9.17, 15) is 9.59 Å². The highest BCUT2D eigenvalue weighted by molar-refractivity contribution is 6.01. The predicted molar refractivity (Wildman–Crippen MR) is 91.5 cm³/mol. The van der Waals surface area contributed by atoms with Crippen LogP contribution in [0.5, 0.6) is 0 Å². The molecule has 1 N–H and O–H groups in total. The zero-order valence-electron chi connectivity index (χ0n) is 13.6. The van der Waals surface area contributed by atoms with Gasteiger partial charge in [0.2, 0.25) is 5.91 Å². The Balaban J connectivity index is 2.11. The third kappa shape index (κ3) is 5.61. The van der Waals surface area contributed by atoms with Crippen LogP contribution in [-0.2, 0) is 14.3 Å². The first-order valence-corrected chi connectivity index (χ1v) is 7.55. The van der Waals surface area contributed by atoms with Gasteiger partial charge in [-0.15, -0.1) is 0 Å². The Bertz CT molecular complexity index is 728. The minimum atomic E-state index is -0.622.